The van der Waals surface area contributed by atoms with Crippen LogP contribution >= 0.6 is 15.9 Å². The average molecular weight is 385 g/mol. The first-order valence-corrected chi connectivity index (χ1v) is 8.21. The second-order valence-electron chi connectivity index (χ2n) is 5.05. The van der Waals surface area contributed by atoms with Crippen molar-refractivity contribution < 1.29 is 9.53 Å². The number of carbonyl (C=O) groups is 1. The van der Waals surface area contributed by atoms with Crippen molar-refractivity contribution in [1.82, 2.24) is 5.32 Å². The molecule has 0 aromatic heterocycles. The fourth-order valence-electron chi connectivity index (χ4n) is 2.18. The normalized spacial score (nSPS) is 10.8. The predicted molar refractivity (Wildman–Crippen MR) is 97.4 cm³/mol. The molecule has 0 spiro atoms. The molecule has 0 atom stereocenters. The molecule has 0 fully saturated rings. The molecule has 0 saturated carbocycles. The van der Waals surface area contributed by atoms with Gasteiger partial charge in [-0.25, -0.2) is 0 Å². The molecule has 2 aromatic rings. The Bertz CT molecular complexity index is 780. The number of halogens is 1. The zero-order valence-electron chi connectivity index (χ0n) is 13.3. The van der Waals surface area contributed by atoms with Gasteiger partial charge in [0.25, 0.3) is 5.91 Å². The van der Waals surface area contributed by atoms with Gasteiger partial charge in [0, 0.05) is 16.6 Å². The van der Waals surface area contributed by atoms with Crippen molar-refractivity contribution >= 4 is 27.9 Å². The van der Waals surface area contributed by atoms with E-state index in [2.05, 4.69) is 21.2 Å². The molecule has 1 amide bonds. The lowest BCUT2D eigenvalue weighted by molar-refractivity contribution is -0.117. The summed E-state index contributed by atoms with van der Waals surface area (Å²) >= 11 is 3.37. The molecule has 1 N–H and O–H groups in total. The van der Waals surface area contributed by atoms with E-state index in [1.54, 1.807) is 19.2 Å². The summed E-state index contributed by atoms with van der Waals surface area (Å²) in [5, 5.41) is 12.0. The summed E-state index contributed by atoms with van der Waals surface area (Å²) in [6, 6.07) is 17.2. The zero-order valence-corrected chi connectivity index (χ0v) is 14.8. The van der Waals surface area contributed by atoms with Gasteiger partial charge in [-0.05, 0) is 36.3 Å². The van der Waals surface area contributed by atoms with Gasteiger partial charge < -0.3 is 10.1 Å². The third kappa shape index (κ3) is 4.97. The Hall–Kier alpha value is -2.58. The number of hydrogen-bond donors (Lipinski definition) is 1. The Balaban J connectivity index is 2.06. The summed E-state index contributed by atoms with van der Waals surface area (Å²) in [5.74, 6) is 0.207. The van der Waals surface area contributed by atoms with Gasteiger partial charge in [0.1, 0.15) is 17.4 Å². The molecule has 122 valence electrons. The van der Waals surface area contributed by atoms with Crippen LogP contribution < -0.4 is 10.1 Å². The number of hydrogen-bond acceptors (Lipinski definition) is 3. The smallest absolute Gasteiger partial charge is 0.261 e. The molecular weight excluding hydrogens is 368 g/mol. The number of rotatable bonds is 6. The van der Waals surface area contributed by atoms with E-state index in [0.717, 1.165) is 10.0 Å². The van der Waals surface area contributed by atoms with Gasteiger partial charge in [-0.15, -0.1) is 0 Å². The molecule has 0 heterocycles. The van der Waals surface area contributed by atoms with E-state index >= 15 is 0 Å². The summed E-state index contributed by atoms with van der Waals surface area (Å²) in [6.45, 7) is 0.470. The summed E-state index contributed by atoms with van der Waals surface area (Å²) in [6.07, 6.45) is 2.24. The molecule has 4 nitrogen and oxygen atoms in total. The van der Waals surface area contributed by atoms with E-state index < -0.39 is 5.91 Å². The first-order chi connectivity index (χ1) is 11.6. The monoisotopic (exact) mass is 384 g/mol. The van der Waals surface area contributed by atoms with Crippen LogP contribution in [0.15, 0.2) is 58.6 Å². The van der Waals surface area contributed by atoms with Crippen LogP contribution in [0.4, 0.5) is 0 Å². The maximum atomic E-state index is 12.2. The zero-order chi connectivity index (χ0) is 17.4. The lowest BCUT2D eigenvalue weighted by atomic mass is 10.1. The topological polar surface area (TPSA) is 62.1 Å². The Morgan fingerprint density at radius 2 is 2.04 bits per heavy atom. The number of ether oxygens (including phenoxy) is 1. The highest BCUT2D eigenvalue weighted by Gasteiger charge is 2.10. The largest absolute Gasteiger partial charge is 0.496 e. The molecule has 0 saturated heterocycles. The molecule has 0 aliphatic heterocycles. The molecule has 5 heteroatoms. The Labute approximate surface area is 149 Å². The number of benzene rings is 2. The van der Waals surface area contributed by atoms with Gasteiger partial charge in [0.05, 0.1) is 7.11 Å². The second-order valence-corrected chi connectivity index (χ2v) is 5.96. The van der Waals surface area contributed by atoms with Crippen molar-refractivity contribution in [1.29, 1.82) is 5.26 Å². The van der Waals surface area contributed by atoms with E-state index in [-0.39, 0.29) is 5.57 Å². The summed E-state index contributed by atoms with van der Waals surface area (Å²) in [5.41, 5.74) is 1.84. The third-order valence-electron chi connectivity index (χ3n) is 3.40. The van der Waals surface area contributed by atoms with Crippen LogP contribution in [0.5, 0.6) is 5.75 Å². The van der Waals surface area contributed by atoms with Crippen LogP contribution in [0.3, 0.4) is 0 Å². The molecule has 0 radical (unpaired) electrons. The fourth-order valence-corrected chi connectivity index (χ4v) is 2.56. The summed E-state index contributed by atoms with van der Waals surface area (Å²) in [4.78, 5) is 12.2. The predicted octanol–water partition coefficient (Wildman–Crippen LogP) is 3.72. The SMILES string of the molecule is COc1ccc(Br)cc1/C=C(\C#N)C(=O)NCCc1ccccc1. The van der Waals surface area contributed by atoms with Crippen LogP contribution in [0, 0.1) is 11.3 Å². The maximum absolute atomic E-state index is 12.2. The minimum Gasteiger partial charge on any atom is -0.496 e. The average Bonchev–Trinajstić information content (AvgIpc) is 2.60. The van der Waals surface area contributed by atoms with Crippen molar-refractivity contribution in [2.75, 3.05) is 13.7 Å². The third-order valence-corrected chi connectivity index (χ3v) is 3.89. The van der Waals surface area contributed by atoms with Crippen molar-refractivity contribution in [3.8, 4) is 11.8 Å². The van der Waals surface area contributed by atoms with Gasteiger partial charge in [0.2, 0.25) is 0 Å². The van der Waals surface area contributed by atoms with Crippen molar-refractivity contribution in [3.05, 3.63) is 69.7 Å². The van der Waals surface area contributed by atoms with Gasteiger partial charge in [-0.3, -0.25) is 4.79 Å². The van der Waals surface area contributed by atoms with Gasteiger partial charge >= 0.3 is 0 Å². The lowest BCUT2D eigenvalue weighted by Crippen LogP contribution is -2.26. The van der Waals surface area contributed by atoms with E-state index in [1.165, 1.54) is 6.08 Å². The number of amides is 1. The van der Waals surface area contributed by atoms with Crippen LogP contribution in [-0.4, -0.2) is 19.6 Å². The van der Waals surface area contributed by atoms with E-state index in [4.69, 9.17) is 4.74 Å². The number of carbonyl (C=O) groups excluding carboxylic acids is 1. The van der Waals surface area contributed by atoms with E-state index in [9.17, 15) is 10.1 Å². The van der Waals surface area contributed by atoms with E-state index in [1.807, 2.05) is 42.5 Å². The number of nitrogens with one attached hydrogen (secondary N) is 1. The van der Waals surface area contributed by atoms with Gasteiger partial charge in [0.15, 0.2) is 0 Å². The highest BCUT2D eigenvalue weighted by Crippen LogP contribution is 2.25. The number of methoxy groups -OCH3 is 1. The first-order valence-electron chi connectivity index (χ1n) is 7.41. The van der Waals surface area contributed by atoms with Crippen molar-refractivity contribution in [3.63, 3.8) is 0 Å². The van der Waals surface area contributed by atoms with E-state index in [0.29, 0.717) is 24.3 Å². The Kier molecular flexibility index (Phi) is 6.59. The highest BCUT2D eigenvalue weighted by molar-refractivity contribution is 9.10. The molecule has 0 aliphatic carbocycles. The number of nitriles is 1. The van der Waals surface area contributed by atoms with Crippen LogP contribution in [0.2, 0.25) is 0 Å². The van der Waals surface area contributed by atoms with Crippen LogP contribution in [0.1, 0.15) is 11.1 Å². The molecule has 2 aromatic carbocycles. The summed E-state index contributed by atoms with van der Waals surface area (Å²) < 4.78 is 6.10. The van der Waals surface area contributed by atoms with Crippen LogP contribution in [0.25, 0.3) is 6.08 Å². The molecule has 0 unspecified atom stereocenters. The fraction of sp³-hybridized carbons (Fsp3) is 0.158. The molecule has 0 bridgehead atoms. The minimum absolute atomic E-state index is 0.0412. The first kappa shape index (κ1) is 17.8. The van der Waals surface area contributed by atoms with Gasteiger partial charge in [-0.1, -0.05) is 46.3 Å². The highest BCUT2D eigenvalue weighted by atomic mass is 79.9. The molecule has 0 aliphatic rings. The standard InChI is InChI=1S/C19H17BrN2O2/c1-24-18-8-7-17(20)12-15(18)11-16(13-21)19(23)22-10-9-14-5-3-2-4-6-14/h2-8,11-12H,9-10H2,1H3,(H,22,23)/b16-11+. The Morgan fingerprint density at radius 1 is 1.29 bits per heavy atom. The van der Waals surface area contributed by atoms with Crippen LogP contribution in [-0.2, 0) is 11.2 Å². The van der Waals surface area contributed by atoms with Crippen molar-refractivity contribution in [2.45, 2.75) is 6.42 Å². The van der Waals surface area contributed by atoms with Gasteiger partial charge in [-0.2, -0.15) is 5.26 Å². The molecule has 24 heavy (non-hydrogen) atoms. The van der Waals surface area contributed by atoms with Crippen molar-refractivity contribution in [2.24, 2.45) is 0 Å². The maximum Gasteiger partial charge on any atom is 0.261 e. The Morgan fingerprint density at radius 3 is 2.71 bits per heavy atom. The quantitative estimate of drug-likeness (QED) is 0.609. The number of nitrogens with zero attached hydrogens (tertiary/aromatic N) is 1. The molecule has 2 rings (SSSR count). The summed E-state index contributed by atoms with van der Waals surface area (Å²) in [7, 11) is 1.55. The molecular formula is C19H17BrN2O2. The second kappa shape index (κ2) is 8.90. The lowest BCUT2D eigenvalue weighted by Gasteiger charge is -2.07. The minimum atomic E-state index is -0.393.